The van der Waals surface area contributed by atoms with Crippen molar-refractivity contribution in [2.24, 2.45) is 0 Å². The van der Waals surface area contributed by atoms with Crippen LogP contribution in [0.4, 0.5) is 0 Å². The lowest BCUT2D eigenvalue weighted by Crippen LogP contribution is -2.30. The monoisotopic (exact) mass is 446 g/mol. The molecule has 1 unspecified atom stereocenters. The number of ketones is 1. The summed E-state index contributed by atoms with van der Waals surface area (Å²) in [5.74, 6) is -0.826. The lowest BCUT2D eigenvalue weighted by Gasteiger charge is -2.25. The van der Waals surface area contributed by atoms with E-state index in [0.29, 0.717) is 17.9 Å². The molecule has 1 amide bonds. The molecule has 1 aliphatic rings. The number of carbonyl (C=O) groups excluding carboxylic acids is 2. The Hall–Kier alpha value is -3.54. The van der Waals surface area contributed by atoms with Gasteiger partial charge in [-0.05, 0) is 45.4 Å². The Morgan fingerprint density at radius 3 is 2.64 bits per heavy atom. The van der Waals surface area contributed by atoms with Crippen LogP contribution in [0.1, 0.15) is 56.5 Å². The van der Waals surface area contributed by atoms with Crippen LogP contribution in [-0.2, 0) is 9.59 Å². The Bertz CT molecular complexity index is 1240. The van der Waals surface area contributed by atoms with E-state index in [4.69, 9.17) is 4.74 Å². The summed E-state index contributed by atoms with van der Waals surface area (Å²) < 4.78 is 5.76. The zero-order valence-corrected chi connectivity index (χ0v) is 19.5. The third-order valence-electron chi connectivity index (χ3n) is 5.99. The Morgan fingerprint density at radius 2 is 1.91 bits per heavy atom. The van der Waals surface area contributed by atoms with Crippen LogP contribution < -0.4 is 4.74 Å². The number of rotatable bonds is 7. The van der Waals surface area contributed by atoms with Crippen LogP contribution in [0.3, 0.4) is 0 Å². The minimum Gasteiger partial charge on any atom is -0.507 e. The summed E-state index contributed by atoms with van der Waals surface area (Å²) in [5.41, 5.74) is 3.21. The van der Waals surface area contributed by atoms with E-state index in [2.05, 4.69) is 4.98 Å². The van der Waals surface area contributed by atoms with Gasteiger partial charge in [-0.15, -0.1) is 0 Å². The van der Waals surface area contributed by atoms with Gasteiger partial charge in [0.2, 0.25) is 0 Å². The molecule has 1 saturated heterocycles. The number of hydrogen-bond acceptors (Lipinski definition) is 4. The van der Waals surface area contributed by atoms with Crippen LogP contribution in [0.5, 0.6) is 5.75 Å². The fraction of sp³-hybridized carbons (Fsp3) is 0.333. The molecule has 0 saturated carbocycles. The number of aryl methyl sites for hydroxylation is 1. The quantitative estimate of drug-likeness (QED) is 0.286. The summed E-state index contributed by atoms with van der Waals surface area (Å²) in [6, 6.07) is 14.2. The van der Waals surface area contributed by atoms with Crippen LogP contribution in [0.25, 0.3) is 16.7 Å². The second-order valence-corrected chi connectivity index (χ2v) is 8.75. The van der Waals surface area contributed by atoms with Gasteiger partial charge in [0.05, 0.1) is 17.7 Å². The average Bonchev–Trinajstić information content (AvgIpc) is 3.24. The number of fused-ring (bicyclic) bond motifs is 1. The van der Waals surface area contributed by atoms with Crippen LogP contribution in [-0.4, -0.2) is 39.3 Å². The van der Waals surface area contributed by atoms with Gasteiger partial charge in [-0.3, -0.25) is 9.59 Å². The topological polar surface area (TPSA) is 82.6 Å². The number of aromatic nitrogens is 1. The summed E-state index contributed by atoms with van der Waals surface area (Å²) in [6.45, 7) is 8.27. The second kappa shape index (κ2) is 9.14. The van der Waals surface area contributed by atoms with E-state index in [0.717, 1.165) is 35.0 Å². The number of carbonyl (C=O) groups is 2. The van der Waals surface area contributed by atoms with Gasteiger partial charge in [-0.25, -0.2) is 0 Å². The van der Waals surface area contributed by atoms with Crippen LogP contribution >= 0.6 is 0 Å². The molecule has 1 aliphatic heterocycles. The largest absolute Gasteiger partial charge is 0.507 e. The molecule has 1 atom stereocenters. The highest BCUT2D eigenvalue weighted by molar-refractivity contribution is 6.46. The second-order valence-electron chi connectivity index (χ2n) is 8.75. The first-order valence-electron chi connectivity index (χ1n) is 11.5. The Balaban J connectivity index is 1.92. The fourth-order valence-corrected chi connectivity index (χ4v) is 4.53. The van der Waals surface area contributed by atoms with E-state index in [1.807, 2.05) is 52.0 Å². The SMILES string of the molecule is CCCCN1C(=O)C(=O)/C(=C(/O)c2cccc(OC(C)C)c2)C1c1c(C)[nH]c2ccccc12. The lowest BCUT2D eigenvalue weighted by atomic mass is 9.93. The smallest absolute Gasteiger partial charge is 0.295 e. The maximum absolute atomic E-state index is 13.3. The fourth-order valence-electron chi connectivity index (χ4n) is 4.53. The molecule has 6 nitrogen and oxygen atoms in total. The van der Waals surface area contributed by atoms with Gasteiger partial charge in [0, 0.05) is 34.3 Å². The van der Waals surface area contributed by atoms with Gasteiger partial charge in [-0.1, -0.05) is 43.7 Å². The Kier molecular flexibility index (Phi) is 6.27. The lowest BCUT2D eigenvalue weighted by molar-refractivity contribution is -0.139. The number of likely N-dealkylation sites (tertiary alicyclic amines) is 1. The Morgan fingerprint density at radius 1 is 1.15 bits per heavy atom. The standard InChI is InChI=1S/C27H30N2O4/c1-5-6-14-29-24(22-17(4)28-21-13-8-7-12-20(21)22)23(26(31)27(29)32)25(30)18-10-9-11-19(15-18)33-16(2)3/h7-13,15-16,24,28,30H,5-6,14H2,1-4H3/b25-23+. The molecule has 0 spiro atoms. The van der Waals surface area contributed by atoms with Crippen molar-refractivity contribution in [1.82, 2.24) is 9.88 Å². The van der Waals surface area contributed by atoms with Crippen molar-refractivity contribution < 1.29 is 19.4 Å². The highest BCUT2D eigenvalue weighted by Crippen LogP contribution is 2.43. The number of benzene rings is 2. The van der Waals surface area contributed by atoms with Crippen molar-refractivity contribution in [3.63, 3.8) is 0 Å². The normalized spacial score (nSPS) is 18.0. The van der Waals surface area contributed by atoms with E-state index in [1.165, 1.54) is 0 Å². The van der Waals surface area contributed by atoms with Crippen molar-refractivity contribution >= 4 is 28.4 Å². The molecule has 2 heterocycles. The van der Waals surface area contributed by atoms with Crippen LogP contribution in [0.15, 0.2) is 54.1 Å². The molecule has 1 aromatic heterocycles. The van der Waals surface area contributed by atoms with Gasteiger partial charge in [0.15, 0.2) is 0 Å². The van der Waals surface area contributed by atoms with Crippen molar-refractivity contribution in [2.75, 3.05) is 6.54 Å². The average molecular weight is 447 g/mol. The molecular weight excluding hydrogens is 416 g/mol. The molecule has 0 radical (unpaired) electrons. The highest BCUT2D eigenvalue weighted by Gasteiger charge is 2.47. The number of nitrogens with one attached hydrogen (secondary N) is 1. The number of hydrogen-bond donors (Lipinski definition) is 2. The third-order valence-corrected chi connectivity index (χ3v) is 5.99. The number of Topliss-reactive ketones (excluding diaryl/α,β-unsaturated/α-hetero) is 1. The first-order valence-corrected chi connectivity index (χ1v) is 11.5. The first kappa shape index (κ1) is 22.6. The van der Waals surface area contributed by atoms with Gasteiger partial charge in [-0.2, -0.15) is 0 Å². The Labute approximate surface area is 193 Å². The van der Waals surface area contributed by atoms with Crippen LogP contribution in [0, 0.1) is 6.92 Å². The van der Waals surface area contributed by atoms with E-state index in [-0.39, 0.29) is 17.4 Å². The minimum absolute atomic E-state index is 0.0316. The molecule has 172 valence electrons. The molecule has 2 aromatic carbocycles. The number of amides is 1. The van der Waals surface area contributed by atoms with Crippen molar-refractivity contribution in [2.45, 2.75) is 52.7 Å². The summed E-state index contributed by atoms with van der Waals surface area (Å²) in [4.78, 5) is 31.4. The number of H-pyrrole nitrogens is 1. The van der Waals surface area contributed by atoms with Crippen molar-refractivity contribution in [3.05, 3.63) is 70.9 Å². The van der Waals surface area contributed by atoms with E-state index in [1.54, 1.807) is 29.2 Å². The molecule has 1 fully saturated rings. The predicted octanol–water partition coefficient (Wildman–Crippen LogP) is 5.49. The zero-order valence-electron chi connectivity index (χ0n) is 19.5. The number of para-hydroxylation sites is 1. The third kappa shape index (κ3) is 4.13. The van der Waals surface area contributed by atoms with Gasteiger partial charge in [0.1, 0.15) is 11.5 Å². The van der Waals surface area contributed by atoms with E-state index < -0.39 is 17.7 Å². The summed E-state index contributed by atoms with van der Waals surface area (Å²) in [5, 5.41) is 12.3. The van der Waals surface area contributed by atoms with Crippen LogP contribution in [0.2, 0.25) is 0 Å². The van der Waals surface area contributed by atoms with Crippen molar-refractivity contribution in [1.29, 1.82) is 0 Å². The maximum Gasteiger partial charge on any atom is 0.295 e. The molecule has 2 N–H and O–H groups in total. The van der Waals surface area contributed by atoms with E-state index in [9.17, 15) is 14.7 Å². The van der Waals surface area contributed by atoms with Gasteiger partial charge >= 0.3 is 0 Å². The number of unbranched alkanes of at least 4 members (excludes halogenated alkanes) is 1. The molecule has 3 aromatic rings. The maximum atomic E-state index is 13.3. The van der Waals surface area contributed by atoms with Gasteiger partial charge in [0.25, 0.3) is 11.7 Å². The zero-order chi connectivity index (χ0) is 23.7. The predicted molar refractivity (Wildman–Crippen MR) is 129 cm³/mol. The van der Waals surface area contributed by atoms with Crippen molar-refractivity contribution in [3.8, 4) is 5.75 Å². The number of aliphatic hydroxyl groups excluding tert-OH is 1. The summed E-state index contributed by atoms with van der Waals surface area (Å²) in [7, 11) is 0. The first-order chi connectivity index (χ1) is 15.8. The summed E-state index contributed by atoms with van der Waals surface area (Å²) in [6.07, 6.45) is 1.62. The molecule has 33 heavy (non-hydrogen) atoms. The molecule has 4 rings (SSSR count). The number of aliphatic hydroxyl groups is 1. The van der Waals surface area contributed by atoms with E-state index >= 15 is 0 Å². The number of nitrogens with zero attached hydrogens (tertiary/aromatic N) is 1. The van der Waals surface area contributed by atoms with Gasteiger partial charge < -0.3 is 19.7 Å². The molecule has 0 bridgehead atoms. The molecule has 6 heteroatoms. The number of aromatic amines is 1. The highest BCUT2D eigenvalue weighted by atomic mass is 16.5. The molecule has 0 aliphatic carbocycles. The summed E-state index contributed by atoms with van der Waals surface area (Å²) >= 11 is 0. The minimum atomic E-state index is -0.664. The molecular formula is C27H30N2O4. The number of ether oxygens (including phenoxy) is 1.